The second-order valence-corrected chi connectivity index (χ2v) is 7.15. The molecule has 0 N–H and O–H groups in total. The molecule has 0 bridgehead atoms. The van der Waals surface area contributed by atoms with Crippen molar-refractivity contribution in [3.05, 3.63) is 29.8 Å². The van der Waals surface area contributed by atoms with Crippen LogP contribution in [0.3, 0.4) is 0 Å². The van der Waals surface area contributed by atoms with Gasteiger partial charge in [-0.25, -0.2) is 0 Å². The Morgan fingerprint density at radius 3 is 2.25 bits per heavy atom. The lowest BCUT2D eigenvalue weighted by Crippen LogP contribution is -2.46. The summed E-state index contributed by atoms with van der Waals surface area (Å²) < 4.78 is 4.83. The maximum absolute atomic E-state index is 11.6. The number of hydrogen-bond donors (Lipinski definition) is 0. The van der Waals surface area contributed by atoms with E-state index in [-0.39, 0.29) is 11.9 Å². The molecule has 1 atom stereocenters. The minimum absolute atomic E-state index is 0.176. The number of benzene rings is 1. The van der Waals surface area contributed by atoms with Crippen molar-refractivity contribution in [2.24, 2.45) is 0 Å². The van der Waals surface area contributed by atoms with Crippen molar-refractivity contribution in [2.75, 3.05) is 38.2 Å². The van der Waals surface area contributed by atoms with Gasteiger partial charge in [0.1, 0.15) is 0 Å². The van der Waals surface area contributed by atoms with Crippen molar-refractivity contribution in [1.82, 2.24) is 4.90 Å². The van der Waals surface area contributed by atoms with Crippen LogP contribution >= 0.6 is 0 Å². The van der Waals surface area contributed by atoms with Gasteiger partial charge in [-0.05, 0) is 63.4 Å². The van der Waals surface area contributed by atoms with E-state index < -0.39 is 0 Å². The van der Waals surface area contributed by atoms with Crippen molar-refractivity contribution in [3.8, 4) is 0 Å². The van der Waals surface area contributed by atoms with Crippen LogP contribution in [-0.4, -0.2) is 50.2 Å². The number of piperidine rings is 2. The smallest absolute Gasteiger partial charge is 0.312 e. The highest BCUT2D eigenvalue weighted by molar-refractivity contribution is 5.77. The maximum atomic E-state index is 11.6. The predicted molar refractivity (Wildman–Crippen MR) is 97.5 cm³/mol. The topological polar surface area (TPSA) is 32.8 Å². The Morgan fingerprint density at radius 2 is 1.67 bits per heavy atom. The molecule has 4 nitrogen and oxygen atoms in total. The second kappa shape index (κ2) is 8.02. The minimum atomic E-state index is -0.200. The Kier molecular flexibility index (Phi) is 5.77. The highest BCUT2D eigenvalue weighted by Crippen LogP contribution is 2.26. The van der Waals surface area contributed by atoms with Crippen molar-refractivity contribution in [2.45, 2.75) is 51.0 Å². The Hall–Kier alpha value is -1.55. The van der Waals surface area contributed by atoms with Gasteiger partial charge >= 0.3 is 5.97 Å². The third-order valence-corrected chi connectivity index (χ3v) is 5.68. The summed E-state index contributed by atoms with van der Waals surface area (Å²) in [5.41, 5.74) is 2.29. The van der Waals surface area contributed by atoms with Crippen LogP contribution in [0.5, 0.6) is 0 Å². The molecule has 3 rings (SSSR count). The van der Waals surface area contributed by atoms with Crippen molar-refractivity contribution in [3.63, 3.8) is 0 Å². The molecule has 1 aromatic carbocycles. The van der Waals surface area contributed by atoms with Gasteiger partial charge in [-0.2, -0.15) is 0 Å². The van der Waals surface area contributed by atoms with Gasteiger partial charge < -0.3 is 14.5 Å². The van der Waals surface area contributed by atoms with E-state index in [0.29, 0.717) is 0 Å². The normalized spacial score (nSPS) is 21.5. The lowest BCUT2D eigenvalue weighted by molar-refractivity contribution is -0.141. The van der Waals surface area contributed by atoms with Crippen LogP contribution < -0.4 is 4.90 Å². The first-order valence-electron chi connectivity index (χ1n) is 9.36. The van der Waals surface area contributed by atoms with E-state index in [9.17, 15) is 4.79 Å². The molecule has 0 amide bonds. The van der Waals surface area contributed by atoms with E-state index in [2.05, 4.69) is 34.1 Å². The highest BCUT2D eigenvalue weighted by Gasteiger charge is 2.25. The van der Waals surface area contributed by atoms with Crippen molar-refractivity contribution >= 4 is 11.7 Å². The average molecular weight is 330 g/mol. The SMILES string of the molecule is COC(=O)C(C)c1ccc(N2CCC(N3CCCCC3)CC2)cc1. The quantitative estimate of drug-likeness (QED) is 0.792. The first kappa shape index (κ1) is 17.3. The predicted octanol–water partition coefficient (Wildman–Crippen LogP) is 3.42. The Bertz CT molecular complexity index is 529. The van der Waals surface area contributed by atoms with Crippen LogP contribution in [0.15, 0.2) is 24.3 Å². The number of carbonyl (C=O) groups is 1. The summed E-state index contributed by atoms with van der Waals surface area (Å²) in [6.45, 7) is 6.75. The summed E-state index contributed by atoms with van der Waals surface area (Å²) in [6, 6.07) is 9.20. The first-order chi connectivity index (χ1) is 11.7. The second-order valence-electron chi connectivity index (χ2n) is 7.15. The number of carbonyl (C=O) groups excluding carboxylic acids is 1. The van der Waals surface area contributed by atoms with Crippen LogP contribution in [0, 0.1) is 0 Å². The Labute approximate surface area is 145 Å². The van der Waals surface area contributed by atoms with Crippen LogP contribution in [0.2, 0.25) is 0 Å². The van der Waals surface area contributed by atoms with Crippen molar-refractivity contribution in [1.29, 1.82) is 0 Å². The van der Waals surface area contributed by atoms with Crippen LogP contribution in [0.4, 0.5) is 5.69 Å². The summed E-state index contributed by atoms with van der Waals surface area (Å²) in [7, 11) is 1.44. The molecule has 2 fully saturated rings. The summed E-state index contributed by atoms with van der Waals surface area (Å²) >= 11 is 0. The van der Waals surface area contributed by atoms with Gasteiger partial charge in [0.2, 0.25) is 0 Å². The van der Waals surface area contributed by atoms with Gasteiger partial charge in [-0.1, -0.05) is 18.6 Å². The average Bonchev–Trinajstić information content (AvgIpc) is 2.68. The van der Waals surface area contributed by atoms with E-state index in [0.717, 1.165) is 24.7 Å². The molecule has 0 spiro atoms. The first-order valence-corrected chi connectivity index (χ1v) is 9.36. The number of rotatable bonds is 4. The lowest BCUT2D eigenvalue weighted by Gasteiger charge is -2.41. The van der Waals surface area contributed by atoms with E-state index in [1.807, 2.05) is 6.92 Å². The standard InChI is InChI=1S/C20H30N2O2/c1-16(20(23)24-2)17-6-8-18(9-7-17)22-14-10-19(11-15-22)21-12-4-3-5-13-21/h6-9,16,19H,3-5,10-15H2,1-2H3. The molecular formula is C20H30N2O2. The number of likely N-dealkylation sites (tertiary alicyclic amines) is 1. The van der Waals surface area contributed by atoms with Crippen molar-refractivity contribution < 1.29 is 9.53 Å². The zero-order valence-corrected chi connectivity index (χ0v) is 15.0. The molecular weight excluding hydrogens is 300 g/mol. The lowest BCUT2D eigenvalue weighted by atomic mass is 9.98. The molecule has 2 heterocycles. The zero-order chi connectivity index (χ0) is 16.9. The molecule has 0 aromatic heterocycles. The van der Waals surface area contributed by atoms with E-state index in [1.165, 1.54) is 58.0 Å². The molecule has 2 aliphatic rings. The third-order valence-electron chi connectivity index (χ3n) is 5.68. The van der Waals surface area contributed by atoms with Gasteiger partial charge in [0.15, 0.2) is 0 Å². The monoisotopic (exact) mass is 330 g/mol. The van der Waals surface area contributed by atoms with Gasteiger partial charge in [-0.3, -0.25) is 4.79 Å². The largest absolute Gasteiger partial charge is 0.469 e. The molecule has 2 aliphatic heterocycles. The number of hydrogen-bond acceptors (Lipinski definition) is 4. The molecule has 4 heteroatoms. The fourth-order valence-electron chi connectivity index (χ4n) is 4.06. The highest BCUT2D eigenvalue weighted by atomic mass is 16.5. The van der Waals surface area contributed by atoms with E-state index >= 15 is 0 Å². The third kappa shape index (κ3) is 3.92. The molecule has 0 radical (unpaired) electrons. The maximum Gasteiger partial charge on any atom is 0.312 e. The molecule has 1 aromatic rings. The zero-order valence-electron chi connectivity index (χ0n) is 15.0. The molecule has 1 unspecified atom stereocenters. The molecule has 24 heavy (non-hydrogen) atoms. The van der Waals surface area contributed by atoms with E-state index in [1.54, 1.807) is 0 Å². The molecule has 0 aliphatic carbocycles. The van der Waals surface area contributed by atoms with Gasteiger partial charge in [0.25, 0.3) is 0 Å². The van der Waals surface area contributed by atoms with Crippen LogP contribution in [0.25, 0.3) is 0 Å². The van der Waals surface area contributed by atoms with Gasteiger partial charge in [0, 0.05) is 24.8 Å². The fourth-order valence-corrected chi connectivity index (χ4v) is 4.06. The fraction of sp³-hybridized carbons (Fsp3) is 0.650. The summed E-state index contributed by atoms with van der Waals surface area (Å²) in [6.07, 6.45) is 6.69. The van der Waals surface area contributed by atoms with Gasteiger partial charge in [0.05, 0.1) is 13.0 Å². The minimum Gasteiger partial charge on any atom is -0.469 e. The van der Waals surface area contributed by atoms with Crippen LogP contribution in [0.1, 0.15) is 50.5 Å². The van der Waals surface area contributed by atoms with Crippen LogP contribution in [-0.2, 0) is 9.53 Å². The summed E-state index contributed by atoms with van der Waals surface area (Å²) in [5.74, 6) is -0.376. The van der Waals surface area contributed by atoms with E-state index in [4.69, 9.17) is 4.74 Å². The number of nitrogens with zero attached hydrogens (tertiary/aromatic N) is 2. The number of methoxy groups -OCH3 is 1. The summed E-state index contributed by atoms with van der Waals surface area (Å²) in [4.78, 5) is 16.8. The number of ether oxygens (including phenoxy) is 1. The Morgan fingerprint density at radius 1 is 1.04 bits per heavy atom. The number of esters is 1. The molecule has 132 valence electrons. The Balaban J connectivity index is 1.55. The van der Waals surface area contributed by atoms with Gasteiger partial charge in [-0.15, -0.1) is 0 Å². The molecule has 2 saturated heterocycles. The number of anilines is 1. The molecule has 0 saturated carbocycles. The summed E-state index contributed by atoms with van der Waals surface area (Å²) in [5, 5.41) is 0.